The first-order valence-corrected chi connectivity index (χ1v) is 7.52. The lowest BCUT2D eigenvalue weighted by atomic mass is 9.99. The summed E-state index contributed by atoms with van der Waals surface area (Å²) in [6, 6.07) is 0.201. The summed E-state index contributed by atoms with van der Waals surface area (Å²) in [5.74, 6) is 0.345. The van der Waals surface area contributed by atoms with Gasteiger partial charge in [0, 0.05) is 24.7 Å². The van der Waals surface area contributed by atoms with Crippen LogP contribution in [-0.2, 0) is 9.53 Å². The van der Waals surface area contributed by atoms with Crippen LogP contribution in [0.4, 0.5) is 0 Å². The zero-order valence-electron chi connectivity index (χ0n) is 10.4. The third-order valence-corrected chi connectivity index (χ3v) is 4.68. The Morgan fingerprint density at radius 3 is 3.11 bits per heavy atom. The van der Waals surface area contributed by atoms with Crippen LogP contribution in [0.5, 0.6) is 0 Å². The molecule has 0 N–H and O–H groups in total. The Labute approximate surface area is 111 Å². The van der Waals surface area contributed by atoms with E-state index in [2.05, 4.69) is 4.98 Å². The fourth-order valence-electron chi connectivity index (χ4n) is 2.81. The molecule has 0 unspecified atom stereocenters. The van der Waals surface area contributed by atoms with Crippen molar-refractivity contribution in [1.82, 2.24) is 9.88 Å². The average molecular weight is 266 g/mol. The topological polar surface area (TPSA) is 42.4 Å². The van der Waals surface area contributed by atoms with Crippen molar-refractivity contribution in [3.05, 3.63) is 16.6 Å². The van der Waals surface area contributed by atoms with Crippen molar-refractivity contribution in [2.75, 3.05) is 19.8 Å². The number of thiazole rings is 1. The summed E-state index contributed by atoms with van der Waals surface area (Å²) in [6.07, 6.45) is 6.05. The molecule has 0 aromatic carbocycles. The molecule has 2 fully saturated rings. The molecule has 1 amide bonds. The Balaban J connectivity index is 1.77. The second kappa shape index (κ2) is 5.36. The Morgan fingerprint density at radius 2 is 2.39 bits per heavy atom. The average Bonchev–Trinajstić information content (AvgIpc) is 3.11. The number of likely N-dealkylation sites (tertiary alicyclic amines) is 1. The summed E-state index contributed by atoms with van der Waals surface area (Å²) in [6.45, 7) is 2.20. The van der Waals surface area contributed by atoms with Gasteiger partial charge in [-0.1, -0.05) is 0 Å². The molecule has 0 bridgehead atoms. The molecule has 0 aliphatic carbocycles. The zero-order valence-corrected chi connectivity index (χ0v) is 11.2. The number of aromatic nitrogens is 1. The summed E-state index contributed by atoms with van der Waals surface area (Å²) in [5, 5.41) is 3.08. The molecule has 0 radical (unpaired) electrons. The quantitative estimate of drug-likeness (QED) is 0.824. The van der Waals surface area contributed by atoms with Crippen molar-refractivity contribution in [3.8, 4) is 0 Å². The molecule has 4 nitrogen and oxygen atoms in total. The predicted molar refractivity (Wildman–Crippen MR) is 69.3 cm³/mol. The van der Waals surface area contributed by atoms with E-state index >= 15 is 0 Å². The second-order valence-corrected chi connectivity index (χ2v) is 5.90. The third-order valence-electron chi connectivity index (χ3n) is 3.80. The van der Waals surface area contributed by atoms with Gasteiger partial charge in [0.25, 0.3) is 0 Å². The van der Waals surface area contributed by atoms with Gasteiger partial charge < -0.3 is 9.64 Å². The lowest BCUT2D eigenvalue weighted by Gasteiger charge is -2.36. The van der Waals surface area contributed by atoms with Crippen molar-refractivity contribution in [1.29, 1.82) is 0 Å². The number of carbonyl (C=O) groups is 1. The van der Waals surface area contributed by atoms with Crippen LogP contribution in [0.25, 0.3) is 0 Å². The summed E-state index contributed by atoms with van der Waals surface area (Å²) in [5.41, 5.74) is 0. The van der Waals surface area contributed by atoms with Crippen LogP contribution < -0.4 is 0 Å². The Hall–Kier alpha value is -0.940. The lowest BCUT2D eigenvalue weighted by molar-refractivity contribution is -0.139. The molecule has 2 saturated heterocycles. The maximum Gasteiger partial charge on any atom is 0.228 e. The van der Waals surface area contributed by atoms with E-state index in [-0.39, 0.29) is 17.9 Å². The summed E-state index contributed by atoms with van der Waals surface area (Å²) in [7, 11) is 0. The van der Waals surface area contributed by atoms with Crippen LogP contribution in [0.1, 0.15) is 36.7 Å². The number of hydrogen-bond acceptors (Lipinski definition) is 4. The number of carbonyl (C=O) groups excluding carboxylic acids is 1. The minimum Gasteiger partial charge on any atom is -0.381 e. The SMILES string of the molecule is O=C([C@@H]1CCOC1)N1CCCC[C@@H]1c1nccs1. The molecular weight excluding hydrogens is 248 g/mol. The number of hydrogen-bond donors (Lipinski definition) is 0. The van der Waals surface area contributed by atoms with E-state index in [4.69, 9.17) is 4.74 Å². The van der Waals surface area contributed by atoms with Gasteiger partial charge in [-0.15, -0.1) is 11.3 Å². The Bertz CT molecular complexity index is 401. The first-order valence-electron chi connectivity index (χ1n) is 6.64. The molecule has 2 aliphatic rings. The van der Waals surface area contributed by atoms with Crippen molar-refractivity contribution in [2.45, 2.75) is 31.7 Å². The number of amides is 1. The second-order valence-electron chi connectivity index (χ2n) is 4.97. The van der Waals surface area contributed by atoms with Crippen LogP contribution >= 0.6 is 11.3 Å². The molecule has 98 valence electrons. The standard InChI is InChI=1S/C13H18N2O2S/c16-13(10-4-7-17-9-10)15-6-2-1-3-11(15)12-14-5-8-18-12/h5,8,10-11H,1-4,6-7,9H2/t10-,11-/m1/s1. The monoisotopic (exact) mass is 266 g/mol. The largest absolute Gasteiger partial charge is 0.381 e. The number of nitrogens with zero attached hydrogens (tertiary/aromatic N) is 2. The normalized spacial score (nSPS) is 28.6. The van der Waals surface area contributed by atoms with E-state index in [1.807, 2.05) is 16.5 Å². The van der Waals surface area contributed by atoms with Gasteiger partial charge in [-0.25, -0.2) is 4.98 Å². The highest BCUT2D eigenvalue weighted by atomic mass is 32.1. The Morgan fingerprint density at radius 1 is 1.44 bits per heavy atom. The molecule has 2 atom stereocenters. The molecule has 3 rings (SSSR count). The highest BCUT2D eigenvalue weighted by Gasteiger charge is 2.34. The van der Waals surface area contributed by atoms with Gasteiger partial charge in [-0.2, -0.15) is 0 Å². The Kier molecular flexibility index (Phi) is 3.61. The van der Waals surface area contributed by atoms with Crippen LogP contribution in [-0.4, -0.2) is 35.5 Å². The highest BCUT2D eigenvalue weighted by molar-refractivity contribution is 7.09. The molecule has 1 aromatic heterocycles. The summed E-state index contributed by atoms with van der Waals surface area (Å²) >= 11 is 1.66. The molecule has 0 saturated carbocycles. The smallest absolute Gasteiger partial charge is 0.228 e. The molecule has 2 aliphatic heterocycles. The molecule has 3 heterocycles. The van der Waals surface area contributed by atoms with Crippen molar-refractivity contribution >= 4 is 17.2 Å². The van der Waals surface area contributed by atoms with Gasteiger partial charge in [0.15, 0.2) is 0 Å². The van der Waals surface area contributed by atoms with Gasteiger partial charge in [-0.05, 0) is 25.7 Å². The van der Waals surface area contributed by atoms with E-state index in [0.29, 0.717) is 6.61 Å². The predicted octanol–water partition coefficient (Wildman–Crippen LogP) is 2.23. The fourth-order valence-corrected chi connectivity index (χ4v) is 3.60. The zero-order chi connectivity index (χ0) is 12.4. The number of ether oxygens (including phenoxy) is 1. The first-order chi connectivity index (χ1) is 8.86. The lowest BCUT2D eigenvalue weighted by Crippen LogP contribution is -2.42. The first kappa shape index (κ1) is 12.1. The molecule has 18 heavy (non-hydrogen) atoms. The minimum absolute atomic E-state index is 0.0746. The van der Waals surface area contributed by atoms with Gasteiger partial charge >= 0.3 is 0 Å². The summed E-state index contributed by atoms with van der Waals surface area (Å²) in [4.78, 5) is 19.0. The van der Waals surface area contributed by atoms with Crippen molar-refractivity contribution in [3.63, 3.8) is 0 Å². The van der Waals surface area contributed by atoms with Crippen LogP contribution in [0, 0.1) is 5.92 Å². The van der Waals surface area contributed by atoms with E-state index in [1.165, 1.54) is 6.42 Å². The van der Waals surface area contributed by atoms with Gasteiger partial charge in [-0.3, -0.25) is 4.79 Å². The van der Waals surface area contributed by atoms with Gasteiger partial charge in [0.05, 0.1) is 18.6 Å². The molecule has 0 spiro atoms. The highest BCUT2D eigenvalue weighted by Crippen LogP contribution is 2.33. The fraction of sp³-hybridized carbons (Fsp3) is 0.692. The maximum absolute atomic E-state index is 12.5. The number of rotatable bonds is 2. The van der Waals surface area contributed by atoms with Crippen LogP contribution in [0.2, 0.25) is 0 Å². The van der Waals surface area contributed by atoms with Crippen LogP contribution in [0.3, 0.4) is 0 Å². The number of piperidine rings is 1. The molecule has 1 aromatic rings. The molecular formula is C13H18N2O2S. The van der Waals surface area contributed by atoms with E-state index < -0.39 is 0 Å². The maximum atomic E-state index is 12.5. The minimum atomic E-state index is 0.0746. The molecule has 5 heteroatoms. The summed E-state index contributed by atoms with van der Waals surface area (Å²) < 4.78 is 5.33. The van der Waals surface area contributed by atoms with E-state index in [1.54, 1.807) is 11.3 Å². The van der Waals surface area contributed by atoms with Gasteiger partial charge in [0.1, 0.15) is 5.01 Å². The van der Waals surface area contributed by atoms with E-state index in [0.717, 1.165) is 37.4 Å². The van der Waals surface area contributed by atoms with Crippen molar-refractivity contribution in [2.24, 2.45) is 5.92 Å². The van der Waals surface area contributed by atoms with Crippen molar-refractivity contribution < 1.29 is 9.53 Å². The van der Waals surface area contributed by atoms with E-state index in [9.17, 15) is 4.79 Å². The van der Waals surface area contributed by atoms with Gasteiger partial charge in [0.2, 0.25) is 5.91 Å². The third kappa shape index (κ3) is 2.29. The van der Waals surface area contributed by atoms with Crippen LogP contribution in [0.15, 0.2) is 11.6 Å².